The van der Waals surface area contributed by atoms with Crippen LogP contribution < -0.4 is 10.6 Å². The summed E-state index contributed by atoms with van der Waals surface area (Å²) in [4.78, 5) is 10.9. The highest BCUT2D eigenvalue weighted by Gasteiger charge is 2.03. The van der Waals surface area contributed by atoms with E-state index in [1.165, 1.54) is 19.2 Å². The second-order valence-electron chi connectivity index (χ2n) is 4.39. The van der Waals surface area contributed by atoms with Gasteiger partial charge >= 0.3 is 5.97 Å². The van der Waals surface area contributed by atoms with E-state index >= 15 is 0 Å². The number of esters is 1. The zero-order chi connectivity index (χ0) is 15.7. The number of carbonyl (C=O) groups is 1. The first kappa shape index (κ1) is 17.8. The molecule has 0 radical (unpaired) electrons. The molecule has 0 fully saturated rings. The Labute approximate surface area is 137 Å². The molecule has 1 aromatic carbocycles. The number of methoxy groups -OCH3 is 1. The highest BCUT2D eigenvalue weighted by Crippen LogP contribution is 2.22. The van der Waals surface area contributed by atoms with Crippen LogP contribution in [0.4, 0.5) is 10.1 Å². The summed E-state index contributed by atoms with van der Waals surface area (Å²) in [7, 11) is 1.39. The summed E-state index contributed by atoms with van der Waals surface area (Å²) in [5, 5.41) is 6.53. The number of ether oxygens (including phenoxy) is 1. The van der Waals surface area contributed by atoms with Gasteiger partial charge in [0.2, 0.25) is 0 Å². The van der Waals surface area contributed by atoms with Crippen molar-refractivity contribution in [3.05, 3.63) is 28.5 Å². The Balaban J connectivity index is 2.18. The van der Waals surface area contributed by atoms with Crippen molar-refractivity contribution in [3.8, 4) is 0 Å². The molecule has 4 nitrogen and oxygen atoms in total. The zero-order valence-electron chi connectivity index (χ0n) is 11.7. The Hall–Kier alpha value is -1.21. The van der Waals surface area contributed by atoms with Gasteiger partial charge in [-0.2, -0.15) is 0 Å². The van der Waals surface area contributed by atoms with E-state index < -0.39 is 0 Å². The molecule has 2 N–H and O–H groups in total. The minimum absolute atomic E-state index is 0.179. The Kier molecular flexibility index (Phi) is 8.22. The highest BCUT2D eigenvalue weighted by molar-refractivity contribution is 9.10. The molecule has 7 heteroatoms. The zero-order valence-corrected chi connectivity index (χ0v) is 14.2. The fraction of sp³-hybridized carbons (Fsp3) is 0.429. The molecule has 0 heterocycles. The lowest BCUT2D eigenvalue weighted by atomic mass is 10.2. The number of benzene rings is 1. The number of nitrogens with one attached hydrogen (secondary N) is 2. The standard InChI is InChI=1S/C14H18BrFN2O2S/c1-20-13(19)5-3-2-4-8-17-14(21)18-12-7-6-10(16)9-11(12)15/h6-7,9H,2-5,8H2,1H3,(H2,17,18,21). The van der Waals surface area contributed by atoms with Crippen molar-refractivity contribution >= 4 is 44.9 Å². The van der Waals surface area contributed by atoms with Crippen LogP contribution >= 0.6 is 28.1 Å². The Morgan fingerprint density at radius 3 is 2.81 bits per heavy atom. The summed E-state index contributed by atoms with van der Waals surface area (Å²) in [6, 6.07) is 4.35. The normalized spacial score (nSPS) is 10.0. The molecule has 0 amide bonds. The van der Waals surface area contributed by atoms with Gasteiger partial charge in [-0.1, -0.05) is 6.42 Å². The molecule has 0 saturated heterocycles. The molecular formula is C14H18BrFN2O2S. The van der Waals surface area contributed by atoms with Crippen LogP contribution in [0.2, 0.25) is 0 Å². The van der Waals surface area contributed by atoms with Crippen molar-refractivity contribution in [1.29, 1.82) is 0 Å². The quantitative estimate of drug-likeness (QED) is 0.432. The summed E-state index contributed by atoms with van der Waals surface area (Å²) in [5.41, 5.74) is 0.708. The van der Waals surface area contributed by atoms with Crippen LogP contribution in [0.3, 0.4) is 0 Å². The summed E-state index contributed by atoms with van der Waals surface area (Å²) in [6.45, 7) is 0.714. The fourth-order valence-corrected chi connectivity index (χ4v) is 2.29. The largest absolute Gasteiger partial charge is 0.469 e. The molecule has 116 valence electrons. The molecule has 0 aromatic heterocycles. The van der Waals surface area contributed by atoms with Crippen molar-refractivity contribution < 1.29 is 13.9 Å². The number of rotatable bonds is 7. The van der Waals surface area contributed by atoms with E-state index in [4.69, 9.17) is 12.2 Å². The predicted molar refractivity (Wildman–Crippen MR) is 88.8 cm³/mol. The lowest BCUT2D eigenvalue weighted by Gasteiger charge is -2.11. The van der Waals surface area contributed by atoms with Crippen LogP contribution in [0, 0.1) is 5.82 Å². The van der Waals surface area contributed by atoms with Gasteiger partial charge in [0, 0.05) is 17.4 Å². The summed E-state index contributed by atoms with van der Waals surface area (Å²) < 4.78 is 18.1. The average molecular weight is 377 g/mol. The molecular weight excluding hydrogens is 359 g/mol. The van der Waals surface area contributed by atoms with Gasteiger partial charge in [0.1, 0.15) is 5.82 Å². The van der Waals surface area contributed by atoms with Gasteiger partial charge in [-0.3, -0.25) is 4.79 Å². The van der Waals surface area contributed by atoms with Gasteiger partial charge in [0.15, 0.2) is 5.11 Å². The molecule has 0 bridgehead atoms. The van der Waals surface area contributed by atoms with Gasteiger partial charge < -0.3 is 15.4 Å². The molecule has 1 rings (SSSR count). The third-order valence-electron chi connectivity index (χ3n) is 2.75. The first-order valence-electron chi connectivity index (χ1n) is 6.59. The number of carbonyl (C=O) groups excluding carboxylic acids is 1. The molecule has 0 saturated carbocycles. The first-order chi connectivity index (χ1) is 10.0. The van der Waals surface area contributed by atoms with E-state index in [0.717, 1.165) is 19.3 Å². The van der Waals surface area contributed by atoms with Crippen LogP contribution in [-0.2, 0) is 9.53 Å². The Bertz CT molecular complexity index is 500. The molecule has 0 aliphatic carbocycles. The van der Waals surface area contributed by atoms with Crippen LogP contribution in [-0.4, -0.2) is 24.7 Å². The SMILES string of the molecule is COC(=O)CCCCCNC(=S)Nc1ccc(F)cc1Br. The van der Waals surface area contributed by atoms with E-state index in [9.17, 15) is 9.18 Å². The van der Waals surface area contributed by atoms with Crippen LogP contribution in [0.5, 0.6) is 0 Å². The first-order valence-corrected chi connectivity index (χ1v) is 7.79. The molecule has 1 aromatic rings. The fourth-order valence-electron chi connectivity index (χ4n) is 1.63. The van der Waals surface area contributed by atoms with Crippen molar-refractivity contribution in [2.75, 3.05) is 19.0 Å². The topological polar surface area (TPSA) is 50.4 Å². The monoisotopic (exact) mass is 376 g/mol. The van der Waals surface area contributed by atoms with E-state index in [0.29, 0.717) is 28.2 Å². The number of thiocarbonyl (C=S) groups is 1. The predicted octanol–water partition coefficient (Wildman–Crippen LogP) is 3.61. The maximum absolute atomic E-state index is 12.9. The van der Waals surface area contributed by atoms with Crippen LogP contribution in [0.25, 0.3) is 0 Å². The van der Waals surface area contributed by atoms with E-state index in [-0.39, 0.29) is 11.8 Å². The van der Waals surface area contributed by atoms with Crippen molar-refractivity contribution in [1.82, 2.24) is 5.32 Å². The lowest BCUT2D eigenvalue weighted by Crippen LogP contribution is -2.29. The third-order valence-corrected chi connectivity index (χ3v) is 3.65. The van der Waals surface area contributed by atoms with Gasteiger partial charge in [0.05, 0.1) is 12.8 Å². The maximum atomic E-state index is 12.9. The molecule has 21 heavy (non-hydrogen) atoms. The number of hydrogen-bond acceptors (Lipinski definition) is 3. The second kappa shape index (κ2) is 9.68. The summed E-state index contributed by atoms with van der Waals surface area (Å²) in [5.74, 6) is -0.488. The summed E-state index contributed by atoms with van der Waals surface area (Å²) >= 11 is 8.42. The molecule has 0 spiro atoms. The number of unbranched alkanes of at least 4 members (excludes halogenated alkanes) is 2. The van der Waals surface area contributed by atoms with Crippen molar-refractivity contribution in [2.24, 2.45) is 0 Å². The van der Waals surface area contributed by atoms with E-state index in [1.54, 1.807) is 6.07 Å². The summed E-state index contributed by atoms with van der Waals surface area (Å²) in [6.07, 6.45) is 3.08. The molecule has 0 aliphatic rings. The maximum Gasteiger partial charge on any atom is 0.305 e. The Morgan fingerprint density at radius 2 is 2.14 bits per heavy atom. The number of hydrogen-bond donors (Lipinski definition) is 2. The van der Waals surface area contributed by atoms with Gasteiger partial charge in [-0.25, -0.2) is 4.39 Å². The molecule has 0 unspecified atom stereocenters. The Morgan fingerprint density at radius 1 is 1.38 bits per heavy atom. The number of anilines is 1. The smallest absolute Gasteiger partial charge is 0.305 e. The minimum Gasteiger partial charge on any atom is -0.469 e. The number of halogens is 2. The van der Waals surface area contributed by atoms with Crippen molar-refractivity contribution in [2.45, 2.75) is 25.7 Å². The van der Waals surface area contributed by atoms with Crippen LogP contribution in [0.15, 0.2) is 22.7 Å². The van der Waals surface area contributed by atoms with Gasteiger partial charge in [0.25, 0.3) is 0 Å². The van der Waals surface area contributed by atoms with Gasteiger partial charge in [-0.15, -0.1) is 0 Å². The average Bonchev–Trinajstić information content (AvgIpc) is 2.45. The third kappa shape index (κ3) is 7.38. The minimum atomic E-state index is -0.308. The second-order valence-corrected chi connectivity index (χ2v) is 5.65. The van der Waals surface area contributed by atoms with Crippen LogP contribution in [0.1, 0.15) is 25.7 Å². The van der Waals surface area contributed by atoms with Gasteiger partial charge in [-0.05, 0) is 59.2 Å². The van der Waals surface area contributed by atoms with E-state index in [1.807, 2.05) is 0 Å². The van der Waals surface area contributed by atoms with Crippen molar-refractivity contribution in [3.63, 3.8) is 0 Å². The lowest BCUT2D eigenvalue weighted by molar-refractivity contribution is -0.140. The highest BCUT2D eigenvalue weighted by atomic mass is 79.9. The molecule has 0 aliphatic heterocycles. The molecule has 0 atom stereocenters. The van der Waals surface area contributed by atoms with E-state index in [2.05, 4.69) is 31.3 Å².